The van der Waals surface area contributed by atoms with Gasteiger partial charge >= 0.3 is 0 Å². The first-order chi connectivity index (χ1) is 8.63. The molecule has 0 saturated heterocycles. The lowest BCUT2D eigenvalue weighted by atomic mass is 9.74. The summed E-state index contributed by atoms with van der Waals surface area (Å²) in [7, 11) is 0. The molecule has 3 heteroatoms. The molecule has 2 unspecified atom stereocenters. The number of hydrogen-bond donors (Lipinski definition) is 0. The second kappa shape index (κ2) is 5.96. The molecule has 18 heavy (non-hydrogen) atoms. The third-order valence-corrected chi connectivity index (χ3v) is 4.62. The monoisotopic (exact) mass is 312 g/mol. The van der Waals surface area contributed by atoms with Crippen LogP contribution in [0, 0.1) is 17.7 Å². The molecule has 0 spiro atoms. The normalized spacial score (nSPS) is 23.9. The minimum atomic E-state index is -0.311. The summed E-state index contributed by atoms with van der Waals surface area (Å²) in [6, 6.07) is 4.34. The van der Waals surface area contributed by atoms with E-state index in [1.807, 2.05) is 0 Å². The van der Waals surface area contributed by atoms with Gasteiger partial charge in [-0.3, -0.25) is 4.79 Å². The van der Waals surface area contributed by atoms with E-state index in [-0.39, 0.29) is 17.5 Å². The topological polar surface area (TPSA) is 17.1 Å². The van der Waals surface area contributed by atoms with Crippen molar-refractivity contribution < 1.29 is 9.18 Å². The average Bonchev–Trinajstić information content (AvgIpc) is 2.38. The molecule has 1 aliphatic carbocycles. The van der Waals surface area contributed by atoms with Gasteiger partial charge in [0.25, 0.3) is 0 Å². The van der Waals surface area contributed by atoms with Gasteiger partial charge in [-0.25, -0.2) is 4.39 Å². The van der Waals surface area contributed by atoms with Crippen molar-refractivity contribution >= 4 is 21.7 Å². The van der Waals surface area contributed by atoms with Crippen molar-refractivity contribution in [2.45, 2.75) is 39.0 Å². The van der Waals surface area contributed by atoms with E-state index in [0.717, 1.165) is 25.7 Å². The Bertz CT molecular complexity index is 444. The van der Waals surface area contributed by atoms with Gasteiger partial charge in [0.1, 0.15) is 5.82 Å². The molecule has 0 aromatic heterocycles. The highest BCUT2D eigenvalue weighted by Crippen LogP contribution is 2.35. The Hall–Kier alpha value is -0.700. The Morgan fingerprint density at radius 3 is 2.78 bits per heavy atom. The highest BCUT2D eigenvalue weighted by molar-refractivity contribution is 9.10. The largest absolute Gasteiger partial charge is 0.294 e. The molecule has 0 heterocycles. The fraction of sp³-hybridized carbons (Fsp3) is 0.533. The van der Waals surface area contributed by atoms with Gasteiger partial charge in [-0.05, 0) is 52.9 Å². The van der Waals surface area contributed by atoms with Crippen LogP contribution >= 0.6 is 15.9 Å². The summed E-state index contributed by atoms with van der Waals surface area (Å²) in [5.41, 5.74) is 0.627. The van der Waals surface area contributed by atoms with Crippen LogP contribution < -0.4 is 0 Å². The molecule has 1 nitrogen and oxygen atoms in total. The molecule has 2 atom stereocenters. The number of halogens is 2. The molecule has 0 amide bonds. The van der Waals surface area contributed by atoms with Crippen LogP contribution in [0.5, 0.6) is 0 Å². The van der Waals surface area contributed by atoms with Gasteiger partial charge in [0.2, 0.25) is 0 Å². The third-order valence-electron chi connectivity index (χ3n) is 3.97. The molecule has 1 aromatic carbocycles. The molecular formula is C15H18BrFO. The highest BCUT2D eigenvalue weighted by Gasteiger charge is 2.31. The zero-order valence-electron chi connectivity index (χ0n) is 10.6. The van der Waals surface area contributed by atoms with Gasteiger partial charge < -0.3 is 0 Å². The predicted molar refractivity (Wildman–Crippen MR) is 74.2 cm³/mol. The third kappa shape index (κ3) is 2.82. The number of carbonyl (C=O) groups is 1. The lowest BCUT2D eigenvalue weighted by molar-refractivity contribution is 0.0819. The Morgan fingerprint density at radius 2 is 2.11 bits per heavy atom. The molecule has 0 bridgehead atoms. The first-order valence-electron chi connectivity index (χ1n) is 6.62. The number of Topliss-reactive ketones (excluding diaryl/α,β-unsaturated/α-hetero) is 1. The van der Waals surface area contributed by atoms with Crippen molar-refractivity contribution in [3.8, 4) is 0 Å². The zero-order chi connectivity index (χ0) is 13.1. The number of ketones is 1. The lowest BCUT2D eigenvalue weighted by Gasteiger charge is -2.29. The summed E-state index contributed by atoms with van der Waals surface area (Å²) in [5, 5.41) is 0. The fourth-order valence-corrected chi connectivity index (χ4v) is 3.48. The first-order valence-corrected chi connectivity index (χ1v) is 7.42. The molecule has 1 aromatic rings. The van der Waals surface area contributed by atoms with Crippen molar-refractivity contribution in [1.82, 2.24) is 0 Å². The van der Waals surface area contributed by atoms with E-state index in [1.165, 1.54) is 18.6 Å². The van der Waals surface area contributed by atoms with Crippen molar-refractivity contribution in [2.75, 3.05) is 0 Å². The second-order valence-electron chi connectivity index (χ2n) is 5.05. The number of hydrogen-bond acceptors (Lipinski definition) is 1. The van der Waals surface area contributed by atoms with Crippen LogP contribution in [0.15, 0.2) is 22.7 Å². The molecule has 1 aliphatic rings. The van der Waals surface area contributed by atoms with Crippen LogP contribution in [0.2, 0.25) is 0 Å². The Balaban J connectivity index is 2.24. The second-order valence-corrected chi connectivity index (χ2v) is 5.90. The summed E-state index contributed by atoms with van der Waals surface area (Å²) >= 11 is 3.30. The van der Waals surface area contributed by atoms with Gasteiger partial charge in [0.05, 0.1) is 0 Å². The summed E-state index contributed by atoms with van der Waals surface area (Å²) in [6.45, 7) is 2.15. The van der Waals surface area contributed by atoms with Crippen LogP contribution in [0.1, 0.15) is 49.4 Å². The Kier molecular flexibility index (Phi) is 4.55. The van der Waals surface area contributed by atoms with Crippen LogP contribution in [0.3, 0.4) is 0 Å². The lowest BCUT2D eigenvalue weighted by Crippen LogP contribution is -2.27. The highest BCUT2D eigenvalue weighted by atomic mass is 79.9. The van der Waals surface area contributed by atoms with Crippen molar-refractivity contribution in [2.24, 2.45) is 11.8 Å². The summed E-state index contributed by atoms with van der Waals surface area (Å²) in [5.74, 6) is 0.469. The van der Waals surface area contributed by atoms with E-state index in [2.05, 4.69) is 22.9 Å². The van der Waals surface area contributed by atoms with Gasteiger partial charge in [-0.1, -0.05) is 26.2 Å². The summed E-state index contributed by atoms with van der Waals surface area (Å²) < 4.78 is 13.6. The van der Waals surface area contributed by atoms with Gasteiger partial charge in [0.15, 0.2) is 5.78 Å². The first kappa shape index (κ1) is 13.7. The van der Waals surface area contributed by atoms with Gasteiger partial charge in [-0.15, -0.1) is 0 Å². The van der Waals surface area contributed by atoms with Crippen LogP contribution in [-0.4, -0.2) is 5.78 Å². The van der Waals surface area contributed by atoms with Crippen molar-refractivity contribution in [1.29, 1.82) is 0 Å². The molecular weight excluding hydrogens is 295 g/mol. The standard InChI is InChI=1S/C15H18BrFO/c1-2-10-5-3-4-6-12(10)15(18)13-8-7-11(17)9-14(13)16/h7-10,12H,2-6H2,1H3. The quantitative estimate of drug-likeness (QED) is 0.719. The fourth-order valence-electron chi connectivity index (χ4n) is 2.93. The molecule has 0 aliphatic heterocycles. The van der Waals surface area contributed by atoms with Crippen LogP contribution in [0.4, 0.5) is 4.39 Å². The van der Waals surface area contributed by atoms with E-state index in [4.69, 9.17) is 0 Å². The van der Waals surface area contributed by atoms with Gasteiger partial charge in [-0.2, -0.15) is 0 Å². The number of carbonyl (C=O) groups excluding carboxylic acids is 1. The van der Waals surface area contributed by atoms with Crippen LogP contribution in [0.25, 0.3) is 0 Å². The van der Waals surface area contributed by atoms with E-state index in [9.17, 15) is 9.18 Å². The van der Waals surface area contributed by atoms with E-state index in [1.54, 1.807) is 6.07 Å². The molecule has 0 radical (unpaired) electrons. The average molecular weight is 313 g/mol. The molecule has 2 rings (SSSR count). The van der Waals surface area contributed by atoms with E-state index in [0.29, 0.717) is 16.0 Å². The molecule has 98 valence electrons. The predicted octanol–water partition coefficient (Wildman–Crippen LogP) is 4.99. The maximum absolute atomic E-state index is 13.1. The van der Waals surface area contributed by atoms with Crippen molar-refractivity contribution in [3.63, 3.8) is 0 Å². The molecule has 1 saturated carbocycles. The number of rotatable bonds is 3. The number of benzene rings is 1. The van der Waals surface area contributed by atoms with Crippen molar-refractivity contribution in [3.05, 3.63) is 34.1 Å². The van der Waals surface area contributed by atoms with E-state index < -0.39 is 0 Å². The minimum Gasteiger partial charge on any atom is -0.294 e. The molecule has 0 N–H and O–H groups in total. The Labute approximate surface area is 116 Å². The molecule has 1 fully saturated rings. The Morgan fingerprint density at radius 1 is 1.39 bits per heavy atom. The maximum atomic E-state index is 13.1. The minimum absolute atomic E-state index is 0.116. The zero-order valence-corrected chi connectivity index (χ0v) is 12.2. The smallest absolute Gasteiger partial charge is 0.167 e. The summed E-state index contributed by atoms with van der Waals surface area (Å²) in [6.07, 6.45) is 5.53. The summed E-state index contributed by atoms with van der Waals surface area (Å²) in [4.78, 5) is 12.5. The SMILES string of the molecule is CCC1CCCCC1C(=O)c1ccc(F)cc1Br. The van der Waals surface area contributed by atoms with Crippen LogP contribution in [-0.2, 0) is 0 Å². The van der Waals surface area contributed by atoms with Gasteiger partial charge in [0, 0.05) is 16.0 Å². The maximum Gasteiger partial charge on any atom is 0.167 e. The van der Waals surface area contributed by atoms with E-state index >= 15 is 0 Å².